The number of phenols is 2. The molecule has 3 aromatic rings. The number of rotatable bonds is 1. The van der Waals surface area contributed by atoms with E-state index in [0.717, 1.165) is 28.0 Å². The molecule has 1 aliphatic rings. The molecule has 1 aliphatic heterocycles. The van der Waals surface area contributed by atoms with Gasteiger partial charge in [-0.2, -0.15) is 0 Å². The Morgan fingerprint density at radius 3 is 2.23 bits per heavy atom. The van der Waals surface area contributed by atoms with Gasteiger partial charge in [0.2, 0.25) is 5.75 Å². The summed E-state index contributed by atoms with van der Waals surface area (Å²) in [4.78, 5) is 0. The third-order valence-electron chi connectivity index (χ3n) is 4.15. The fourth-order valence-electron chi connectivity index (χ4n) is 2.81. The number of fused-ring (bicyclic) bond motifs is 1. The molecule has 0 aliphatic carbocycles. The molecule has 0 bridgehead atoms. The van der Waals surface area contributed by atoms with Gasteiger partial charge in [-0.15, -0.1) is 0 Å². The van der Waals surface area contributed by atoms with Gasteiger partial charge in [0.1, 0.15) is 5.76 Å². The molecule has 2 N–H and O–H groups in total. The van der Waals surface area contributed by atoms with Gasteiger partial charge in [-0.3, -0.25) is 0 Å². The highest BCUT2D eigenvalue weighted by molar-refractivity contribution is 5.62. The van der Waals surface area contributed by atoms with Crippen LogP contribution in [0.3, 0.4) is 0 Å². The average Bonchev–Trinajstić information content (AvgIpc) is 3.08. The molecule has 26 heavy (non-hydrogen) atoms. The van der Waals surface area contributed by atoms with Crippen LogP contribution < -0.4 is 4.74 Å². The highest BCUT2D eigenvalue weighted by Crippen LogP contribution is 2.44. The van der Waals surface area contributed by atoms with Gasteiger partial charge in [-0.05, 0) is 42.0 Å². The van der Waals surface area contributed by atoms with E-state index in [1.807, 2.05) is 60.7 Å². The Hall–Kier alpha value is -3.64. The summed E-state index contributed by atoms with van der Waals surface area (Å²) in [6.45, 7) is 0. The maximum atomic E-state index is 9.87. The van der Waals surface area contributed by atoms with Gasteiger partial charge in [0.15, 0.2) is 11.5 Å². The predicted octanol–water partition coefficient (Wildman–Crippen LogP) is 4.47. The zero-order valence-electron chi connectivity index (χ0n) is 13.9. The summed E-state index contributed by atoms with van der Waals surface area (Å²) in [5, 5.41) is 19.4. The van der Waals surface area contributed by atoms with E-state index in [1.54, 1.807) is 6.07 Å². The van der Waals surface area contributed by atoms with Gasteiger partial charge in [-0.25, -0.2) is 0 Å². The minimum absolute atomic E-state index is 0.175. The maximum absolute atomic E-state index is 9.87. The van der Waals surface area contributed by atoms with Crippen molar-refractivity contribution in [3.63, 3.8) is 0 Å². The number of benzene rings is 3. The highest BCUT2D eigenvalue weighted by Gasteiger charge is 2.22. The second-order valence-corrected chi connectivity index (χ2v) is 6.05. The van der Waals surface area contributed by atoms with Crippen molar-refractivity contribution < 1.29 is 14.9 Å². The van der Waals surface area contributed by atoms with Crippen LogP contribution in [-0.2, 0) is 6.42 Å². The van der Waals surface area contributed by atoms with Gasteiger partial charge in [0.25, 0.3) is 0 Å². The molecular weight excluding hydrogens is 324 g/mol. The van der Waals surface area contributed by atoms with Crippen molar-refractivity contribution >= 4 is 6.08 Å². The lowest BCUT2D eigenvalue weighted by atomic mass is 10.1. The molecule has 0 radical (unpaired) electrons. The van der Waals surface area contributed by atoms with Crippen LogP contribution in [0.4, 0.5) is 0 Å². The van der Waals surface area contributed by atoms with E-state index in [1.165, 1.54) is 6.07 Å². The second kappa shape index (κ2) is 6.70. The molecule has 0 saturated carbocycles. The largest absolute Gasteiger partial charge is 0.504 e. The smallest absolute Gasteiger partial charge is 0.201 e. The van der Waals surface area contributed by atoms with Crippen molar-refractivity contribution in [2.24, 2.45) is 0 Å². The Morgan fingerprint density at radius 1 is 0.808 bits per heavy atom. The summed E-state index contributed by atoms with van der Waals surface area (Å²) in [5.74, 6) is 6.96. The number of allylic oxidation sites excluding steroid dienone is 1. The molecule has 4 rings (SSSR count). The zero-order valence-corrected chi connectivity index (χ0v) is 13.9. The topological polar surface area (TPSA) is 49.7 Å². The Kier molecular flexibility index (Phi) is 4.09. The van der Waals surface area contributed by atoms with Gasteiger partial charge >= 0.3 is 0 Å². The predicted molar refractivity (Wildman–Crippen MR) is 101 cm³/mol. The first kappa shape index (κ1) is 15.9. The summed E-state index contributed by atoms with van der Waals surface area (Å²) in [5.41, 5.74) is 3.77. The molecule has 0 atom stereocenters. The summed E-state index contributed by atoms with van der Waals surface area (Å²) >= 11 is 0. The van der Waals surface area contributed by atoms with Crippen molar-refractivity contribution in [1.29, 1.82) is 0 Å². The fraction of sp³-hybridized carbons (Fsp3) is 0.0435. The van der Waals surface area contributed by atoms with Gasteiger partial charge in [0, 0.05) is 23.1 Å². The molecule has 126 valence electrons. The van der Waals surface area contributed by atoms with E-state index in [0.29, 0.717) is 12.2 Å². The van der Waals surface area contributed by atoms with E-state index >= 15 is 0 Å². The Balaban J connectivity index is 1.51. The average molecular weight is 340 g/mol. The molecule has 0 fully saturated rings. The summed E-state index contributed by atoms with van der Waals surface area (Å²) < 4.78 is 5.68. The van der Waals surface area contributed by atoms with Crippen LogP contribution in [0, 0.1) is 11.8 Å². The Bertz CT molecular complexity index is 1040. The third-order valence-corrected chi connectivity index (χ3v) is 4.15. The van der Waals surface area contributed by atoms with Crippen molar-refractivity contribution in [3.05, 3.63) is 94.7 Å². The van der Waals surface area contributed by atoms with E-state index in [-0.39, 0.29) is 11.5 Å². The van der Waals surface area contributed by atoms with Crippen molar-refractivity contribution in [2.75, 3.05) is 0 Å². The molecule has 0 saturated heterocycles. The Morgan fingerprint density at radius 2 is 1.50 bits per heavy atom. The van der Waals surface area contributed by atoms with Crippen LogP contribution >= 0.6 is 0 Å². The zero-order chi connectivity index (χ0) is 17.9. The first-order valence-electron chi connectivity index (χ1n) is 8.28. The first-order valence-corrected chi connectivity index (χ1v) is 8.28. The molecule has 0 amide bonds. The van der Waals surface area contributed by atoms with E-state index in [4.69, 9.17) is 4.74 Å². The van der Waals surface area contributed by atoms with E-state index in [2.05, 4.69) is 11.8 Å². The number of hydrogen-bond donors (Lipinski definition) is 2. The summed E-state index contributed by atoms with van der Waals surface area (Å²) in [7, 11) is 0. The summed E-state index contributed by atoms with van der Waals surface area (Å²) in [6.07, 6.45) is 2.50. The molecule has 3 nitrogen and oxygen atoms in total. The van der Waals surface area contributed by atoms with Crippen LogP contribution in [0.2, 0.25) is 0 Å². The van der Waals surface area contributed by atoms with Crippen LogP contribution in [0.15, 0.2) is 72.5 Å². The lowest BCUT2D eigenvalue weighted by Crippen LogP contribution is -1.88. The quantitative estimate of drug-likeness (QED) is 0.507. The fourth-order valence-corrected chi connectivity index (χ4v) is 2.81. The molecule has 0 aromatic heterocycles. The molecule has 0 spiro atoms. The monoisotopic (exact) mass is 340 g/mol. The Labute approximate surface area is 151 Å². The number of phenolic OH excluding ortho intramolecular Hbond substituents is 2. The van der Waals surface area contributed by atoms with Crippen LogP contribution in [0.5, 0.6) is 17.2 Å². The lowest BCUT2D eigenvalue weighted by molar-refractivity contribution is 0.368. The molecule has 0 unspecified atom stereocenters. The molecular formula is C23H16O3. The highest BCUT2D eigenvalue weighted by atomic mass is 16.5. The number of ether oxygens (including phenoxy) is 1. The second-order valence-electron chi connectivity index (χ2n) is 6.05. The van der Waals surface area contributed by atoms with Crippen molar-refractivity contribution in [2.45, 2.75) is 6.42 Å². The minimum Gasteiger partial charge on any atom is -0.504 e. The molecule has 1 heterocycles. The van der Waals surface area contributed by atoms with Crippen LogP contribution in [-0.4, -0.2) is 10.2 Å². The molecule has 3 heteroatoms. The first-order chi connectivity index (χ1) is 12.7. The van der Waals surface area contributed by atoms with Crippen LogP contribution in [0.25, 0.3) is 6.08 Å². The van der Waals surface area contributed by atoms with Crippen molar-refractivity contribution in [1.82, 2.24) is 0 Å². The van der Waals surface area contributed by atoms with Gasteiger partial charge < -0.3 is 14.9 Å². The van der Waals surface area contributed by atoms with E-state index < -0.39 is 0 Å². The SMILES string of the molecule is Oc1ccc2c(c1O)OC(=Cc1ccc(C#Cc3ccccc3)cc1)C2. The number of aromatic hydroxyl groups is 2. The van der Waals surface area contributed by atoms with Gasteiger partial charge in [0.05, 0.1) is 0 Å². The van der Waals surface area contributed by atoms with Gasteiger partial charge in [-0.1, -0.05) is 48.2 Å². The summed E-state index contributed by atoms with van der Waals surface area (Å²) in [6, 6.07) is 21.0. The lowest BCUT2D eigenvalue weighted by Gasteiger charge is -2.03. The molecule has 3 aromatic carbocycles. The standard InChI is InChI=1S/C23H16O3/c24-21-13-12-19-15-20(26-23(19)22(21)25)14-18-10-8-17(9-11-18)7-6-16-4-2-1-3-5-16/h1-5,8-14,24-25H,15H2. The number of hydrogen-bond acceptors (Lipinski definition) is 3. The maximum Gasteiger partial charge on any atom is 0.201 e. The minimum atomic E-state index is -0.211. The third kappa shape index (κ3) is 3.26. The van der Waals surface area contributed by atoms with Crippen LogP contribution in [0.1, 0.15) is 22.3 Å². The normalized spacial score (nSPS) is 13.6. The van der Waals surface area contributed by atoms with Crippen molar-refractivity contribution in [3.8, 4) is 29.1 Å². The van der Waals surface area contributed by atoms with E-state index in [9.17, 15) is 10.2 Å².